The normalized spacial score (nSPS) is 9.58. The molecular formula is C18H24S. The predicted octanol–water partition coefficient (Wildman–Crippen LogP) is 6.72. The maximum Gasteiger partial charge on any atom is 0.0387 e. The SMILES string of the molecule is CC.CC.Cc1ccc2c(sc3ccccc32)c1C. The molecule has 0 amide bonds. The van der Waals surface area contributed by atoms with E-state index in [-0.39, 0.29) is 0 Å². The Morgan fingerprint density at radius 3 is 2.05 bits per heavy atom. The molecule has 3 aromatic rings. The summed E-state index contributed by atoms with van der Waals surface area (Å²) in [4.78, 5) is 0. The summed E-state index contributed by atoms with van der Waals surface area (Å²) in [7, 11) is 0. The quantitative estimate of drug-likeness (QED) is 0.426. The fourth-order valence-corrected chi connectivity index (χ4v) is 3.28. The highest BCUT2D eigenvalue weighted by atomic mass is 32.1. The van der Waals surface area contributed by atoms with Crippen LogP contribution in [0.25, 0.3) is 20.2 Å². The van der Waals surface area contributed by atoms with Crippen LogP contribution in [0, 0.1) is 13.8 Å². The van der Waals surface area contributed by atoms with E-state index in [1.807, 2.05) is 39.0 Å². The molecule has 0 aliphatic carbocycles. The first-order valence-corrected chi connectivity index (χ1v) is 7.96. The van der Waals surface area contributed by atoms with Gasteiger partial charge in [-0.1, -0.05) is 58.0 Å². The highest BCUT2D eigenvalue weighted by Gasteiger charge is 2.07. The summed E-state index contributed by atoms with van der Waals surface area (Å²) in [5.41, 5.74) is 2.81. The number of benzene rings is 2. The van der Waals surface area contributed by atoms with Crippen molar-refractivity contribution in [2.24, 2.45) is 0 Å². The van der Waals surface area contributed by atoms with Crippen molar-refractivity contribution in [1.82, 2.24) is 0 Å². The molecule has 19 heavy (non-hydrogen) atoms. The van der Waals surface area contributed by atoms with Crippen LogP contribution in [-0.2, 0) is 0 Å². The standard InChI is InChI=1S/C14H12S.2C2H6/c1-9-7-8-12-11-5-3-4-6-13(11)15-14(12)10(9)2;2*1-2/h3-8H,1-2H3;2*1-2H3. The summed E-state index contributed by atoms with van der Waals surface area (Å²) in [5.74, 6) is 0. The average Bonchev–Trinajstić information content (AvgIpc) is 2.87. The molecule has 102 valence electrons. The van der Waals surface area contributed by atoms with Gasteiger partial charge >= 0.3 is 0 Å². The van der Waals surface area contributed by atoms with Gasteiger partial charge in [0.1, 0.15) is 0 Å². The molecule has 0 saturated heterocycles. The van der Waals surface area contributed by atoms with Gasteiger partial charge in [0.15, 0.2) is 0 Å². The third kappa shape index (κ3) is 2.98. The Kier molecular flexibility index (Phi) is 6.04. The second-order valence-corrected chi connectivity index (χ2v) is 5.03. The molecule has 1 heteroatoms. The van der Waals surface area contributed by atoms with E-state index in [2.05, 4.69) is 50.2 Å². The second kappa shape index (κ2) is 7.30. The molecule has 0 atom stereocenters. The first-order valence-electron chi connectivity index (χ1n) is 7.15. The highest BCUT2D eigenvalue weighted by molar-refractivity contribution is 7.26. The van der Waals surface area contributed by atoms with E-state index in [4.69, 9.17) is 0 Å². The predicted molar refractivity (Wildman–Crippen MR) is 91.5 cm³/mol. The topological polar surface area (TPSA) is 0 Å². The molecular weight excluding hydrogens is 248 g/mol. The number of hydrogen-bond donors (Lipinski definition) is 0. The van der Waals surface area contributed by atoms with E-state index in [0.717, 1.165) is 0 Å². The average molecular weight is 272 g/mol. The van der Waals surface area contributed by atoms with Crippen LogP contribution in [0.1, 0.15) is 38.8 Å². The minimum atomic E-state index is 1.38. The van der Waals surface area contributed by atoms with E-state index in [9.17, 15) is 0 Å². The van der Waals surface area contributed by atoms with Gasteiger partial charge in [-0.2, -0.15) is 0 Å². The third-order valence-electron chi connectivity index (χ3n) is 3.07. The maximum absolute atomic E-state index is 2.25. The molecule has 3 rings (SSSR count). The van der Waals surface area contributed by atoms with Crippen molar-refractivity contribution in [2.75, 3.05) is 0 Å². The first kappa shape index (κ1) is 15.7. The van der Waals surface area contributed by atoms with Gasteiger partial charge in [0.25, 0.3) is 0 Å². The zero-order chi connectivity index (χ0) is 14.4. The summed E-state index contributed by atoms with van der Waals surface area (Å²) in [6.07, 6.45) is 0. The van der Waals surface area contributed by atoms with Crippen molar-refractivity contribution < 1.29 is 0 Å². The van der Waals surface area contributed by atoms with E-state index in [1.165, 1.54) is 31.3 Å². The summed E-state index contributed by atoms with van der Waals surface area (Å²) in [6.45, 7) is 12.4. The summed E-state index contributed by atoms with van der Waals surface area (Å²) >= 11 is 1.90. The summed E-state index contributed by atoms with van der Waals surface area (Å²) < 4.78 is 2.83. The van der Waals surface area contributed by atoms with Crippen molar-refractivity contribution in [3.05, 3.63) is 47.5 Å². The van der Waals surface area contributed by atoms with Crippen LogP contribution in [0.5, 0.6) is 0 Å². The van der Waals surface area contributed by atoms with Gasteiger partial charge in [0.2, 0.25) is 0 Å². The number of aryl methyl sites for hydroxylation is 2. The van der Waals surface area contributed by atoms with Gasteiger partial charge in [0, 0.05) is 20.2 Å². The van der Waals surface area contributed by atoms with Crippen molar-refractivity contribution in [3.63, 3.8) is 0 Å². The first-order chi connectivity index (χ1) is 9.27. The lowest BCUT2D eigenvalue weighted by Crippen LogP contribution is -1.78. The van der Waals surface area contributed by atoms with Crippen molar-refractivity contribution in [3.8, 4) is 0 Å². The highest BCUT2D eigenvalue weighted by Crippen LogP contribution is 2.36. The van der Waals surface area contributed by atoms with Gasteiger partial charge in [-0.3, -0.25) is 0 Å². The Labute approximate surface area is 121 Å². The second-order valence-electron chi connectivity index (χ2n) is 3.98. The summed E-state index contributed by atoms with van der Waals surface area (Å²) in [5, 5.41) is 2.79. The molecule has 0 aliphatic rings. The lowest BCUT2D eigenvalue weighted by Gasteiger charge is -1.99. The van der Waals surface area contributed by atoms with Crippen LogP contribution in [0.2, 0.25) is 0 Å². The summed E-state index contributed by atoms with van der Waals surface area (Å²) in [6, 6.07) is 13.1. The number of fused-ring (bicyclic) bond motifs is 3. The van der Waals surface area contributed by atoms with E-state index >= 15 is 0 Å². The molecule has 0 saturated carbocycles. The molecule has 2 aromatic carbocycles. The third-order valence-corrected chi connectivity index (χ3v) is 4.37. The van der Waals surface area contributed by atoms with Crippen LogP contribution in [0.4, 0.5) is 0 Å². The number of thiophene rings is 1. The van der Waals surface area contributed by atoms with Gasteiger partial charge in [0.05, 0.1) is 0 Å². The maximum atomic E-state index is 2.25. The molecule has 0 aliphatic heterocycles. The lowest BCUT2D eigenvalue weighted by molar-refractivity contribution is 1.39. The van der Waals surface area contributed by atoms with Crippen LogP contribution in [0.3, 0.4) is 0 Å². The number of hydrogen-bond acceptors (Lipinski definition) is 1. The lowest BCUT2D eigenvalue weighted by atomic mass is 10.1. The molecule has 1 heterocycles. The Balaban J connectivity index is 0.000000415. The van der Waals surface area contributed by atoms with E-state index in [0.29, 0.717) is 0 Å². The Morgan fingerprint density at radius 1 is 0.737 bits per heavy atom. The largest absolute Gasteiger partial charge is 0.135 e. The fraction of sp³-hybridized carbons (Fsp3) is 0.333. The van der Waals surface area contributed by atoms with Gasteiger partial charge in [-0.05, 0) is 31.0 Å². The molecule has 0 unspecified atom stereocenters. The number of rotatable bonds is 0. The Hall–Kier alpha value is -1.34. The molecule has 0 radical (unpaired) electrons. The minimum Gasteiger partial charge on any atom is -0.135 e. The molecule has 0 bridgehead atoms. The smallest absolute Gasteiger partial charge is 0.0387 e. The minimum absolute atomic E-state index is 1.38. The van der Waals surface area contributed by atoms with Crippen LogP contribution in [-0.4, -0.2) is 0 Å². The van der Waals surface area contributed by atoms with Crippen LogP contribution >= 0.6 is 11.3 Å². The molecule has 0 N–H and O–H groups in total. The zero-order valence-corrected chi connectivity index (χ0v) is 13.7. The van der Waals surface area contributed by atoms with Crippen LogP contribution in [0.15, 0.2) is 36.4 Å². The van der Waals surface area contributed by atoms with E-state index < -0.39 is 0 Å². The fourth-order valence-electron chi connectivity index (χ4n) is 2.02. The molecule has 0 spiro atoms. The van der Waals surface area contributed by atoms with Crippen LogP contribution < -0.4 is 0 Å². The molecule has 0 fully saturated rings. The van der Waals surface area contributed by atoms with Crippen molar-refractivity contribution >= 4 is 31.5 Å². The molecule has 0 nitrogen and oxygen atoms in total. The van der Waals surface area contributed by atoms with E-state index in [1.54, 1.807) is 0 Å². The Bertz CT molecular complexity index is 647. The molecule has 1 aromatic heterocycles. The zero-order valence-electron chi connectivity index (χ0n) is 12.9. The van der Waals surface area contributed by atoms with Gasteiger partial charge in [-0.25, -0.2) is 0 Å². The Morgan fingerprint density at radius 2 is 1.37 bits per heavy atom. The van der Waals surface area contributed by atoms with Gasteiger partial charge in [-0.15, -0.1) is 11.3 Å². The monoisotopic (exact) mass is 272 g/mol. The van der Waals surface area contributed by atoms with Crippen molar-refractivity contribution in [1.29, 1.82) is 0 Å². The van der Waals surface area contributed by atoms with Crippen molar-refractivity contribution in [2.45, 2.75) is 41.5 Å². The van der Waals surface area contributed by atoms with Gasteiger partial charge < -0.3 is 0 Å².